The van der Waals surface area contributed by atoms with Crippen LogP contribution in [0.3, 0.4) is 0 Å². The fraction of sp³-hybridized carbons (Fsp3) is 0.407. The summed E-state index contributed by atoms with van der Waals surface area (Å²) in [7, 11) is 1.50. The Labute approximate surface area is 210 Å². The zero-order valence-electron chi connectivity index (χ0n) is 20.3. The Morgan fingerprint density at radius 2 is 2.14 bits per heavy atom. The van der Waals surface area contributed by atoms with Crippen molar-refractivity contribution >= 4 is 28.4 Å². The molecule has 0 N–H and O–H groups in total. The number of hydrogen-bond acceptors (Lipinski definition) is 5. The Morgan fingerprint density at radius 3 is 2.91 bits per heavy atom. The van der Waals surface area contributed by atoms with Crippen molar-refractivity contribution in [2.24, 2.45) is 5.92 Å². The molecular weight excluding hydrogens is 469 g/mol. The second kappa shape index (κ2) is 11.3. The number of methoxy groups -OCH3 is 1. The van der Waals surface area contributed by atoms with Gasteiger partial charge in [-0.15, -0.1) is 0 Å². The van der Waals surface area contributed by atoms with Gasteiger partial charge in [0.15, 0.2) is 0 Å². The Hall–Kier alpha value is -2.74. The summed E-state index contributed by atoms with van der Waals surface area (Å²) < 4.78 is 25.6. The van der Waals surface area contributed by atoms with Gasteiger partial charge in [0.05, 0.1) is 24.3 Å². The maximum absolute atomic E-state index is 14.5. The van der Waals surface area contributed by atoms with Crippen LogP contribution >= 0.6 is 11.6 Å². The number of fused-ring (bicyclic) bond motifs is 1. The van der Waals surface area contributed by atoms with Gasteiger partial charge in [0, 0.05) is 49.9 Å². The summed E-state index contributed by atoms with van der Waals surface area (Å²) in [6.45, 7) is 7.03. The van der Waals surface area contributed by atoms with Gasteiger partial charge in [-0.25, -0.2) is 4.39 Å². The second-order valence-corrected chi connectivity index (χ2v) is 9.72. The molecule has 186 valence electrons. The molecule has 1 aromatic heterocycles. The van der Waals surface area contributed by atoms with E-state index in [4.69, 9.17) is 21.1 Å². The highest BCUT2D eigenvalue weighted by Crippen LogP contribution is 2.28. The molecule has 0 spiro atoms. The summed E-state index contributed by atoms with van der Waals surface area (Å²) >= 11 is 6.03. The largest absolute Gasteiger partial charge is 0.495 e. The first-order chi connectivity index (χ1) is 16.8. The summed E-state index contributed by atoms with van der Waals surface area (Å²) in [5.74, 6) is 0.287. The van der Waals surface area contributed by atoms with Gasteiger partial charge in [0.2, 0.25) is 0 Å². The molecule has 2 heterocycles. The summed E-state index contributed by atoms with van der Waals surface area (Å²) in [6.07, 6.45) is 1.16. The first-order valence-corrected chi connectivity index (χ1v) is 12.2. The molecule has 8 heteroatoms. The van der Waals surface area contributed by atoms with E-state index in [1.807, 2.05) is 34.1 Å². The normalized spacial score (nSPS) is 16.6. The zero-order valence-corrected chi connectivity index (χ0v) is 21.1. The summed E-state index contributed by atoms with van der Waals surface area (Å²) in [5, 5.41) is 1.28. The number of rotatable bonds is 8. The van der Waals surface area contributed by atoms with Crippen LogP contribution in [0.5, 0.6) is 5.75 Å². The van der Waals surface area contributed by atoms with E-state index in [0.29, 0.717) is 56.6 Å². The lowest BCUT2D eigenvalue weighted by Crippen LogP contribution is -2.51. The molecule has 6 nitrogen and oxygen atoms in total. The van der Waals surface area contributed by atoms with E-state index in [2.05, 4.69) is 24.9 Å². The summed E-state index contributed by atoms with van der Waals surface area (Å²) in [4.78, 5) is 21.8. The molecule has 2 aromatic carbocycles. The number of halogens is 2. The van der Waals surface area contributed by atoms with E-state index in [1.165, 1.54) is 13.2 Å². The number of hydrogen-bond donors (Lipinski definition) is 0. The van der Waals surface area contributed by atoms with Crippen molar-refractivity contribution in [1.29, 1.82) is 0 Å². The number of ether oxygens (including phenoxy) is 2. The molecule has 1 fully saturated rings. The number of nitrogens with zero attached hydrogens (tertiary/aromatic N) is 3. The predicted molar refractivity (Wildman–Crippen MR) is 135 cm³/mol. The Morgan fingerprint density at radius 1 is 1.31 bits per heavy atom. The van der Waals surface area contributed by atoms with Crippen molar-refractivity contribution in [2.45, 2.75) is 33.0 Å². The van der Waals surface area contributed by atoms with Crippen LogP contribution in [0, 0.1) is 11.7 Å². The van der Waals surface area contributed by atoms with Crippen LogP contribution in [-0.2, 0) is 22.6 Å². The zero-order chi connectivity index (χ0) is 24.9. The van der Waals surface area contributed by atoms with E-state index < -0.39 is 11.9 Å². The van der Waals surface area contributed by atoms with Gasteiger partial charge in [0.25, 0.3) is 5.91 Å². The number of amides is 1. The number of pyridine rings is 1. The summed E-state index contributed by atoms with van der Waals surface area (Å²) in [6, 6.07) is 12.9. The fourth-order valence-corrected chi connectivity index (χ4v) is 4.63. The molecule has 1 amide bonds. The maximum Gasteiger partial charge on any atom is 0.253 e. The Kier molecular flexibility index (Phi) is 8.21. The lowest BCUT2D eigenvalue weighted by Gasteiger charge is -2.35. The van der Waals surface area contributed by atoms with Crippen molar-refractivity contribution in [3.8, 4) is 5.75 Å². The van der Waals surface area contributed by atoms with Gasteiger partial charge < -0.3 is 14.4 Å². The van der Waals surface area contributed by atoms with Gasteiger partial charge in [-0.1, -0.05) is 37.6 Å². The minimum absolute atomic E-state index is 0.0520. The molecule has 0 unspecified atom stereocenters. The molecular formula is C27H31ClFN3O3. The van der Waals surface area contributed by atoms with E-state index in [1.54, 1.807) is 12.3 Å². The third-order valence-electron chi connectivity index (χ3n) is 6.08. The van der Waals surface area contributed by atoms with E-state index >= 15 is 0 Å². The van der Waals surface area contributed by atoms with Crippen LogP contribution < -0.4 is 4.74 Å². The molecule has 4 rings (SSSR count). The second-order valence-electron chi connectivity index (χ2n) is 9.32. The molecule has 1 saturated heterocycles. The molecule has 0 saturated carbocycles. The Balaban J connectivity index is 1.47. The number of carbonyl (C=O) groups excluding carboxylic acids is 1. The average molecular weight is 500 g/mol. The molecule has 1 aliphatic heterocycles. The predicted octanol–water partition coefficient (Wildman–Crippen LogP) is 4.92. The maximum atomic E-state index is 14.5. The highest BCUT2D eigenvalue weighted by atomic mass is 35.5. The van der Waals surface area contributed by atoms with Crippen LogP contribution in [-0.4, -0.2) is 60.1 Å². The average Bonchev–Trinajstić information content (AvgIpc) is 2.84. The van der Waals surface area contributed by atoms with Crippen LogP contribution in [0.25, 0.3) is 10.9 Å². The van der Waals surface area contributed by atoms with Crippen molar-refractivity contribution in [3.63, 3.8) is 0 Å². The smallest absolute Gasteiger partial charge is 0.253 e. The van der Waals surface area contributed by atoms with Crippen LogP contribution in [0.1, 0.15) is 25.0 Å². The highest BCUT2D eigenvalue weighted by Gasteiger charge is 2.31. The third-order valence-corrected chi connectivity index (χ3v) is 6.37. The molecule has 1 atom stereocenters. The SMILES string of the molecule is COc1cc(CN2CCO[C@@H](C(=O)N(Cc3ccc4ncccc4c3)CC(C)C)C2)c(F)cc1Cl. The van der Waals surface area contributed by atoms with Crippen molar-refractivity contribution in [1.82, 2.24) is 14.8 Å². The van der Waals surface area contributed by atoms with Crippen LogP contribution in [0.15, 0.2) is 48.7 Å². The van der Waals surface area contributed by atoms with Crippen molar-refractivity contribution in [3.05, 3.63) is 70.6 Å². The molecule has 0 radical (unpaired) electrons. The van der Waals surface area contributed by atoms with Gasteiger partial charge in [-0.05, 0) is 41.8 Å². The van der Waals surface area contributed by atoms with Crippen molar-refractivity contribution < 1.29 is 18.7 Å². The lowest BCUT2D eigenvalue weighted by molar-refractivity contribution is -0.151. The van der Waals surface area contributed by atoms with Crippen molar-refractivity contribution in [2.75, 3.05) is 33.4 Å². The quantitative estimate of drug-likeness (QED) is 0.440. The van der Waals surface area contributed by atoms with E-state index in [9.17, 15) is 9.18 Å². The number of aromatic nitrogens is 1. The Bertz CT molecular complexity index is 1190. The van der Waals surface area contributed by atoms with Crippen LogP contribution in [0.2, 0.25) is 5.02 Å². The molecule has 3 aromatic rings. The first kappa shape index (κ1) is 25.4. The number of morpholine rings is 1. The summed E-state index contributed by atoms with van der Waals surface area (Å²) in [5.41, 5.74) is 2.45. The number of carbonyl (C=O) groups is 1. The number of benzene rings is 2. The van der Waals surface area contributed by atoms with E-state index in [-0.39, 0.29) is 10.9 Å². The minimum atomic E-state index is -0.609. The van der Waals surface area contributed by atoms with E-state index in [0.717, 1.165) is 16.5 Å². The molecule has 35 heavy (non-hydrogen) atoms. The minimum Gasteiger partial charge on any atom is -0.495 e. The standard InChI is InChI=1S/C27H31ClFN3O3/c1-18(2)14-32(15-19-6-7-24-20(11-19)5-4-8-30-24)27(33)26-17-31(9-10-35-26)16-21-12-25(34-3)22(28)13-23(21)29/h4-8,11-13,18,26H,9-10,14-17H2,1-3H3/t26-/m1/s1. The third kappa shape index (κ3) is 6.28. The first-order valence-electron chi connectivity index (χ1n) is 11.8. The highest BCUT2D eigenvalue weighted by molar-refractivity contribution is 6.32. The van der Waals surface area contributed by atoms with Gasteiger partial charge in [0.1, 0.15) is 17.7 Å². The van der Waals surface area contributed by atoms with Gasteiger partial charge in [-0.3, -0.25) is 14.7 Å². The van der Waals surface area contributed by atoms with Gasteiger partial charge in [-0.2, -0.15) is 0 Å². The topological polar surface area (TPSA) is 54.9 Å². The molecule has 0 aliphatic carbocycles. The fourth-order valence-electron chi connectivity index (χ4n) is 4.41. The molecule has 0 bridgehead atoms. The van der Waals surface area contributed by atoms with Gasteiger partial charge >= 0.3 is 0 Å². The lowest BCUT2D eigenvalue weighted by atomic mass is 10.1. The monoisotopic (exact) mass is 499 g/mol. The van der Waals surface area contributed by atoms with Crippen LogP contribution in [0.4, 0.5) is 4.39 Å². The molecule has 1 aliphatic rings.